The van der Waals surface area contributed by atoms with Gasteiger partial charge >= 0.3 is 5.97 Å². The summed E-state index contributed by atoms with van der Waals surface area (Å²) in [6.45, 7) is 4.58. The van der Waals surface area contributed by atoms with Crippen molar-refractivity contribution >= 4 is 52.8 Å². The minimum Gasteiger partial charge on any atom is -0.462 e. The highest BCUT2D eigenvalue weighted by Crippen LogP contribution is 2.29. The number of ketones is 1. The van der Waals surface area contributed by atoms with E-state index in [0.29, 0.717) is 15.6 Å². The first-order valence-corrected chi connectivity index (χ1v) is 8.75. The molecule has 1 N–H and O–H groups in total. The summed E-state index contributed by atoms with van der Waals surface area (Å²) in [5.74, 6) is -1.60. The number of benzene rings is 1. The summed E-state index contributed by atoms with van der Waals surface area (Å²) < 4.78 is 10.4. The second-order valence-electron chi connectivity index (χ2n) is 5.51. The Morgan fingerprint density at radius 1 is 1.19 bits per heavy atom. The number of halogens is 2. The number of nitrogens with one attached hydrogen (secondary N) is 1. The SMILES string of the molecule is CCOC(=O)c1c(NC(=O)/C=C/c2ccc(Cl)c(Cl)c2)oc(C)c1C(C)=O. The highest BCUT2D eigenvalue weighted by Gasteiger charge is 2.28. The molecule has 1 amide bonds. The molecule has 0 aliphatic carbocycles. The molecule has 1 aromatic heterocycles. The Balaban J connectivity index is 2.27. The minimum absolute atomic E-state index is 0.0808. The van der Waals surface area contributed by atoms with Crippen LogP contribution in [0.3, 0.4) is 0 Å². The molecule has 142 valence electrons. The topological polar surface area (TPSA) is 85.6 Å². The number of aryl methyl sites for hydroxylation is 1. The van der Waals surface area contributed by atoms with Gasteiger partial charge in [-0.3, -0.25) is 14.9 Å². The number of hydrogen-bond acceptors (Lipinski definition) is 5. The zero-order valence-corrected chi connectivity index (χ0v) is 16.4. The van der Waals surface area contributed by atoms with Crippen molar-refractivity contribution in [2.45, 2.75) is 20.8 Å². The molecule has 0 saturated heterocycles. The number of rotatable bonds is 6. The monoisotopic (exact) mass is 409 g/mol. The van der Waals surface area contributed by atoms with E-state index >= 15 is 0 Å². The van der Waals surface area contributed by atoms with Crippen molar-refractivity contribution in [1.29, 1.82) is 0 Å². The van der Waals surface area contributed by atoms with Gasteiger partial charge in [0.1, 0.15) is 11.3 Å². The van der Waals surface area contributed by atoms with Crippen LogP contribution in [0.25, 0.3) is 6.08 Å². The number of Topliss-reactive ketones (excluding diaryl/α,β-unsaturated/α-hetero) is 1. The zero-order valence-electron chi connectivity index (χ0n) is 14.9. The van der Waals surface area contributed by atoms with Gasteiger partial charge in [0, 0.05) is 6.08 Å². The largest absolute Gasteiger partial charge is 0.462 e. The summed E-state index contributed by atoms with van der Waals surface area (Å²) >= 11 is 11.8. The lowest BCUT2D eigenvalue weighted by Crippen LogP contribution is -2.14. The lowest BCUT2D eigenvalue weighted by atomic mass is 10.1. The van der Waals surface area contributed by atoms with Crippen LogP contribution in [-0.4, -0.2) is 24.3 Å². The van der Waals surface area contributed by atoms with Crippen LogP contribution in [0.4, 0.5) is 5.88 Å². The van der Waals surface area contributed by atoms with Gasteiger partial charge in [-0.05, 0) is 44.5 Å². The molecule has 2 aromatic rings. The van der Waals surface area contributed by atoms with Crippen molar-refractivity contribution in [3.8, 4) is 0 Å². The fourth-order valence-corrected chi connectivity index (χ4v) is 2.70. The Hall–Kier alpha value is -2.57. The molecule has 8 heteroatoms. The molecule has 2 rings (SSSR count). The van der Waals surface area contributed by atoms with Gasteiger partial charge in [0.05, 0.1) is 22.2 Å². The van der Waals surface area contributed by atoms with Crippen molar-refractivity contribution in [3.05, 3.63) is 56.8 Å². The van der Waals surface area contributed by atoms with Gasteiger partial charge in [0.25, 0.3) is 5.91 Å². The van der Waals surface area contributed by atoms with Gasteiger partial charge in [-0.2, -0.15) is 0 Å². The maximum atomic E-state index is 12.2. The lowest BCUT2D eigenvalue weighted by molar-refractivity contribution is -0.111. The van der Waals surface area contributed by atoms with Crippen LogP contribution in [0.5, 0.6) is 0 Å². The normalized spacial score (nSPS) is 10.9. The highest BCUT2D eigenvalue weighted by molar-refractivity contribution is 6.42. The number of anilines is 1. The molecule has 6 nitrogen and oxygen atoms in total. The molecule has 0 aliphatic heterocycles. The molecule has 0 atom stereocenters. The number of ether oxygens (including phenoxy) is 1. The fourth-order valence-electron chi connectivity index (χ4n) is 2.40. The van der Waals surface area contributed by atoms with E-state index in [9.17, 15) is 14.4 Å². The maximum absolute atomic E-state index is 12.2. The standard InChI is InChI=1S/C19H17Cl2NO5/c1-4-26-19(25)17-16(10(2)23)11(3)27-18(17)22-15(24)8-6-12-5-7-13(20)14(21)9-12/h5-9H,4H2,1-3H3,(H,22,24)/b8-6+. The Kier molecular flexibility index (Phi) is 6.82. The predicted octanol–water partition coefficient (Wildman–Crippen LogP) is 4.93. The first-order valence-electron chi connectivity index (χ1n) is 8.00. The Labute approximate surface area is 166 Å². The predicted molar refractivity (Wildman–Crippen MR) is 104 cm³/mol. The molecular weight excluding hydrogens is 393 g/mol. The molecular formula is C19H17Cl2NO5. The van der Waals surface area contributed by atoms with Crippen LogP contribution in [-0.2, 0) is 9.53 Å². The van der Waals surface area contributed by atoms with Gasteiger partial charge in [-0.15, -0.1) is 0 Å². The summed E-state index contributed by atoms with van der Waals surface area (Å²) in [6, 6.07) is 4.89. The molecule has 0 radical (unpaired) electrons. The van der Waals surface area contributed by atoms with E-state index in [-0.39, 0.29) is 35.2 Å². The van der Waals surface area contributed by atoms with E-state index in [4.69, 9.17) is 32.4 Å². The summed E-state index contributed by atoms with van der Waals surface area (Å²) in [7, 11) is 0. The molecule has 27 heavy (non-hydrogen) atoms. The fraction of sp³-hybridized carbons (Fsp3) is 0.211. The smallest absolute Gasteiger partial charge is 0.344 e. The van der Waals surface area contributed by atoms with Crippen LogP contribution >= 0.6 is 23.2 Å². The van der Waals surface area contributed by atoms with Crippen molar-refractivity contribution < 1.29 is 23.5 Å². The molecule has 0 saturated carbocycles. The third-order valence-electron chi connectivity index (χ3n) is 3.52. The van der Waals surface area contributed by atoms with Crippen LogP contribution in [0.15, 0.2) is 28.7 Å². The molecule has 1 heterocycles. The van der Waals surface area contributed by atoms with Crippen LogP contribution in [0, 0.1) is 6.92 Å². The molecule has 0 unspecified atom stereocenters. The van der Waals surface area contributed by atoms with Gasteiger partial charge in [-0.25, -0.2) is 4.79 Å². The first kappa shape index (κ1) is 20.7. The lowest BCUT2D eigenvalue weighted by Gasteiger charge is -2.04. The number of hydrogen-bond donors (Lipinski definition) is 1. The Morgan fingerprint density at radius 3 is 2.48 bits per heavy atom. The highest BCUT2D eigenvalue weighted by atomic mass is 35.5. The second kappa shape index (κ2) is 8.88. The number of furan rings is 1. The summed E-state index contributed by atoms with van der Waals surface area (Å²) in [4.78, 5) is 36.3. The molecule has 0 spiro atoms. The third kappa shape index (κ3) is 4.99. The average molecular weight is 410 g/mol. The van der Waals surface area contributed by atoms with Crippen molar-refractivity contribution in [1.82, 2.24) is 0 Å². The maximum Gasteiger partial charge on any atom is 0.344 e. The number of esters is 1. The van der Waals surface area contributed by atoms with Gasteiger partial charge in [0.15, 0.2) is 5.78 Å². The Morgan fingerprint density at radius 2 is 1.89 bits per heavy atom. The third-order valence-corrected chi connectivity index (χ3v) is 4.26. The zero-order chi connectivity index (χ0) is 20.1. The van der Waals surface area contributed by atoms with E-state index in [1.807, 2.05) is 0 Å². The molecule has 1 aromatic carbocycles. The van der Waals surface area contributed by atoms with Crippen molar-refractivity contribution in [3.63, 3.8) is 0 Å². The van der Waals surface area contributed by atoms with E-state index in [0.717, 1.165) is 0 Å². The molecule has 0 bridgehead atoms. The second-order valence-corrected chi connectivity index (χ2v) is 6.32. The van der Waals surface area contributed by atoms with E-state index in [1.165, 1.54) is 26.0 Å². The van der Waals surface area contributed by atoms with Crippen LogP contribution in [0.2, 0.25) is 10.0 Å². The van der Waals surface area contributed by atoms with Gasteiger partial charge in [-0.1, -0.05) is 29.3 Å². The molecule has 0 aliphatic rings. The first-order chi connectivity index (χ1) is 12.7. The van der Waals surface area contributed by atoms with Crippen LogP contribution < -0.4 is 5.32 Å². The van der Waals surface area contributed by atoms with Crippen LogP contribution in [0.1, 0.15) is 45.9 Å². The van der Waals surface area contributed by atoms with Gasteiger partial charge < -0.3 is 9.15 Å². The number of amides is 1. The Bertz CT molecular complexity index is 930. The van der Waals surface area contributed by atoms with Gasteiger partial charge in [0.2, 0.25) is 5.88 Å². The quantitative estimate of drug-likeness (QED) is 0.415. The minimum atomic E-state index is -0.747. The van der Waals surface area contributed by atoms with E-state index in [1.54, 1.807) is 25.1 Å². The number of carbonyl (C=O) groups excluding carboxylic acids is 3. The average Bonchev–Trinajstić information content (AvgIpc) is 2.92. The summed E-state index contributed by atoms with van der Waals surface area (Å²) in [6.07, 6.45) is 2.75. The summed E-state index contributed by atoms with van der Waals surface area (Å²) in [5, 5.41) is 3.22. The number of carbonyl (C=O) groups is 3. The van der Waals surface area contributed by atoms with E-state index < -0.39 is 11.9 Å². The summed E-state index contributed by atoms with van der Waals surface area (Å²) in [5.41, 5.74) is 0.639. The van der Waals surface area contributed by atoms with Crippen molar-refractivity contribution in [2.75, 3.05) is 11.9 Å². The molecule has 0 fully saturated rings. The van der Waals surface area contributed by atoms with E-state index in [2.05, 4.69) is 5.32 Å². The van der Waals surface area contributed by atoms with Crippen molar-refractivity contribution in [2.24, 2.45) is 0 Å².